The molecule has 0 aliphatic carbocycles. The molecule has 1 aliphatic rings. The van der Waals surface area contributed by atoms with Crippen LogP contribution in [-0.4, -0.2) is 45.9 Å². The van der Waals surface area contributed by atoms with E-state index in [0.29, 0.717) is 17.8 Å². The van der Waals surface area contributed by atoms with Crippen molar-refractivity contribution in [3.8, 4) is 0 Å². The summed E-state index contributed by atoms with van der Waals surface area (Å²) < 4.78 is 27.1. The Hall–Kier alpha value is -3.16. The average Bonchev–Trinajstić information content (AvgIpc) is 3.39. The molecule has 0 saturated carbocycles. The summed E-state index contributed by atoms with van der Waals surface area (Å²) in [5, 5.41) is 3.07. The second-order valence-corrected chi connectivity index (χ2v) is 10.7. The number of sulfonamides is 1. The normalized spacial score (nSPS) is 15.1. The molecule has 1 saturated heterocycles. The molecule has 1 heterocycles. The summed E-state index contributed by atoms with van der Waals surface area (Å²) in [6.45, 7) is 4.50. The lowest BCUT2D eigenvalue weighted by molar-refractivity contribution is 0.0938. The minimum Gasteiger partial charge on any atom is -0.350 e. The number of hydrogen-bond acceptors (Lipinski definition) is 4. The molecule has 178 valence electrons. The molecule has 3 aromatic rings. The van der Waals surface area contributed by atoms with E-state index >= 15 is 0 Å². The summed E-state index contributed by atoms with van der Waals surface area (Å²) in [7, 11) is -2.16. The van der Waals surface area contributed by atoms with Gasteiger partial charge in [-0.1, -0.05) is 48.0 Å². The van der Waals surface area contributed by atoms with E-state index < -0.39 is 10.0 Å². The van der Waals surface area contributed by atoms with E-state index in [2.05, 4.69) is 22.3 Å². The molecular weight excluding hydrogens is 446 g/mol. The van der Waals surface area contributed by atoms with Gasteiger partial charge in [-0.25, -0.2) is 8.42 Å². The largest absolute Gasteiger partial charge is 0.350 e. The van der Waals surface area contributed by atoms with Crippen molar-refractivity contribution in [1.82, 2.24) is 10.2 Å². The number of carbonyl (C=O) groups is 1. The number of aryl methyl sites for hydroxylation is 1. The molecule has 0 radical (unpaired) electrons. The highest BCUT2D eigenvalue weighted by atomic mass is 32.2. The predicted octanol–water partition coefficient (Wildman–Crippen LogP) is 4.39. The Labute approximate surface area is 202 Å². The van der Waals surface area contributed by atoms with Crippen molar-refractivity contribution in [3.63, 3.8) is 0 Å². The summed E-state index contributed by atoms with van der Waals surface area (Å²) in [5.74, 6) is -0.171. The van der Waals surface area contributed by atoms with Crippen LogP contribution in [-0.2, 0) is 10.0 Å². The first-order valence-corrected chi connectivity index (χ1v) is 13.0. The third kappa shape index (κ3) is 5.32. The topological polar surface area (TPSA) is 69.7 Å². The molecule has 3 aromatic carbocycles. The zero-order valence-corrected chi connectivity index (χ0v) is 20.5. The lowest BCUT2D eigenvalue weighted by Gasteiger charge is -2.28. The maximum absolute atomic E-state index is 12.9. The fourth-order valence-corrected chi connectivity index (χ4v) is 5.50. The Balaban J connectivity index is 1.44. The summed E-state index contributed by atoms with van der Waals surface area (Å²) in [6, 6.07) is 23.8. The van der Waals surface area contributed by atoms with E-state index in [9.17, 15) is 13.2 Å². The number of nitrogens with one attached hydrogen (secondary N) is 1. The molecule has 1 atom stereocenters. The van der Waals surface area contributed by atoms with Gasteiger partial charge in [0.25, 0.3) is 15.9 Å². The van der Waals surface area contributed by atoms with E-state index in [1.54, 1.807) is 48.5 Å². The van der Waals surface area contributed by atoms with Crippen LogP contribution >= 0.6 is 0 Å². The molecule has 4 rings (SSSR count). The number of nitrogens with zero attached hydrogens (tertiary/aromatic N) is 2. The minimum atomic E-state index is -3.68. The summed E-state index contributed by atoms with van der Waals surface area (Å²) in [5.41, 5.74) is 3.19. The maximum Gasteiger partial charge on any atom is 0.264 e. The van der Waals surface area contributed by atoms with Gasteiger partial charge in [0.2, 0.25) is 0 Å². The molecule has 1 amide bonds. The van der Waals surface area contributed by atoms with Gasteiger partial charge in [-0.3, -0.25) is 14.0 Å². The molecule has 0 bridgehead atoms. The van der Waals surface area contributed by atoms with E-state index in [1.165, 1.54) is 29.8 Å². The number of anilines is 1. The standard InChI is InChI=1S/C27H31N3O3S/c1-21-10-16-25(17-11-21)34(32,33)29(2)24-14-12-23(13-15-24)27(31)28-20-26(30-18-6-7-19-30)22-8-4-3-5-9-22/h3-5,8-17,26H,6-7,18-20H2,1-2H3,(H,28,31)/t26-/m1/s1. The number of benzene rings is 3. The van der Waals surface area contributed by atoms with Crippen molar-refractivity contribution in [1.29, 1.82) is 0 Å². The van der Waals surface area contributed by atoms with Crippen LogP contribution in [0.15, 0.2) is 83.8 Å². The van der Waals surface area contributed by atoms with Crippen LogP contribution in [0.5, 0.6) is 0 Å². The minimum absolute atomic E-state index is 0.137. The van der Waals surface area contributed by atoms with Crippen molar-refractivity contribution in [2.45, 2.75) is 30.7 Å². The third-order valence-corrected chi connectivity index (χ3v) is 8.19. The highest BCUT2D eigenvalue weighted by Gasteiger charge is 2.24. The zero-order chi connectivity index (χ0) is 24.1. The average molecular weight is 478 g/mol. The summed E-state index contributed by atoms with van der Waals surface area (Å²) in [6.07, 6.45) is 2.36. The van der Waals surface area contributed by atoms with E-state index in [0.717, 1.165) is 18.7 Å². The van der Waals surface area contributed by atoms with Crippen LogP contribution < -0.4 is 9.62 Å². The van der Waals surface area contributed by atoms with Crippen LogP contribution in [0, 0.1) is 6.92 Å². The molecule has 6 nitrogen and oxygen atoms in total. The first-order valence-electron chi connectivity index (χ1n) is 11.6. The van der Waals surface area contributed by atoms with Crippen LogP contribution in [0.4, 0.5) is 5.69 Å². The Morgan fingerprint density at radius 1 is 0.941 bits per heavy atom. The lowest BCUT2D eigenvalue weighted by Crippen LogP contribution is -2.36. The molecule has 34 heavy (non-hydrogen) atoms. The van der Waals surface area contributed by atoms with E-state index in [-0.39, 0.29) is 16.8 Å². The van der Waals surface area contributed by atoms with Gasteiger partial charge in [-0.2, -0.15) is 0 Å². The van der Waals surface area contributed by atoms with E-state index in [1.807, 2.05) is 25.1 Å². The Bertz CT molecular complexity index is 1200. The van der Waals surface area contributed by atoms with Gasteiger partial charge in [0.1, 0.15) is 0 Å². The molecule has 0 spiro atoms. The molecule has 7 heteroatoms. The molecule has 1 N–H and O–H groups in total. The summed E-state index contributed by atoms with van der Waals surface area (Å²) >= 11 is 0. The lowest BCUT2D eigenvalue weighted by atomic mass is 10.1. The highest BCUT2D eigenvalue weighted by Crippen LogP contribution is 2.25. The van der Waals surface area contributed by atoms with Gasteiger partial charge in [0.05, 0.1) is 16.6 Å². The first-order chi connectivity index (χ1) is 16.4. The Morgan fingerprint density at radius 3 is 2.18 bits per heavy atom. The van der Waals surface area contributed by atoms with Crippen LogP contribution in [0.2, 0.25) is 0 Å². The van der Waals surface area contributed by atoms with Gasteiger partial charge in [-0.05, 0) is 74.8 Å². The predicted molar refractivity (Wildman–Crippen MR) is 136 cm³/mol. The fourth-order valence-electron chi connectivity index (χ4n) is 4.31. The monoisotopic (exact) mass is 477 g/mol. The number of carbonyl (C=O) groups excluding carboxylic acids is 1. The van der Waals surface area contributed by atoms with Crippen molar-refractivity contribution in [3.05, 3.63) is 95.6 Å². The number of rotatable bonds is 8. The molecule has 1 aliphatic heterocycles. The van der Waals surface area contributed by atoms with Gasteiger partial charge in [-0.15, -0.1) is 0 Å². The first kappa shape index (κ1) is 24.0. The van der Waals surface area contributed by atoms with Gasteiger partial charge in [0, 0.05) is 19.2 Å². The van der Waals surface area contributed by atoms with Crippen LogP contribution in [0.25, 0.3) is 0 Å². The Kier molecular flexibility index (Phi) is 7.34. The SMILES string of the molecule is Cc1ccc(S(=O)(=O)N(C)c2ccc(C(=O)NC[C@H](c3ccccc3)N3CCCC3)cc2)cc1. The van der Waals surface area contributed by atoms with Crippen molar-refractivity contribution >= 4 is 21.6 Å². The third-order valence-electron chi connectivity index (χ3n) is 6.39. The molecule has 1 fully saturated rings. The number of hydrogen-bond donors (Lipinski definition) is 1. The Morgan fingerprint density at radius 2 is 1.56 bits per heavy atom. The van der Waals surface area contributed by atoms with Gasteiger partial charge >= 0.3 is 0 Å². The zero-order valence-electron chi connectivity index (χ0n) is 19.6. The van der Waals surface area contributed by atoms with E-state index in [4.69, 9.17) is 0 Å². The van der Waals surface area contributed by atoms with Crippen molar-refractivity contribution < 1.29 is 13.2 Å². The molecule has 0 aromatic heterocycles. The molecule has 0 unspecified atom stereocenters. The quantitative estimate of drug-likeness (QED) is 0.523. The number of amides is 1. The number of likely N-dealkylation sites (tertiary alicyclic amines) is 1. The van der Waals surface area contributed by atoms with Crippen molar-refractivity contribution in [2.75, 3.05) is 31.0 Å². The maximum atomic E-state index is 12.9. The van der Waals surface area contributed by atoms with Crippen LogP contribution in [0.3, 0.4) is 0 Å². The van der Waals surface area contributed by atoms with Gasteiger partial charge in [0.15, 0.2) is 0 Å². The summed E-state index contributed by atoms with van der Waals surface area (Å²) in [4.78, 5) is 15.5. The fraction of sp³-hybridized carbons (Fsp3) is 0.296. The highest BCUT2D eigenvalue weighted by molar-refractivity contribution is 7.92. The molecular formula is C27H31N3O3S. The second-order valence-electron chi connectivity index (χ2n) is 8.71. The van der Waals surface area contributed by atoms with Crippen molar-refractivity contribution in [2.24, 2.45) is 0 Å². The smallest absolute Gasteiger partial charge is 0.264 e. The second kappa shape index (κ2) is 10.4. The van der Waals surface area contributed by atoms with Gasteiger partial charge < -0.3 is 5.32 Å². The van der Waals surface area contributed by atoms with Crippen LogP contribution in [0.1, 0.15) is 40.4 Å².